The van der Waals surface area contributed by atoms with Crippen molar-refractivity contribution in [3.05, 3.63) is 34.6 Å². The van der Waals surface area contributed by atoms with Crippen LogP contribution in [-0.4, -0.2) is 0 Å². The van der Waals surface area contributed by atoms with Crippen molar-refractivity contribution in [2.24, 2.45) is 23.7 Å². The van der Waals surface area contributed by atoms with E-state index in [1.54, 1.807) is 0 Å². The molecule has 3 aliphatic rings. The summed E-state index contributed by atoms with van der Waals surface area (Å²) in [4.78, 5) is 0. The summed E-state index contributed by atoms with van der Waals surface area (Å²) in [6.45, 7) is 4.70. The van der Waals surface area contributed by atoms with E-state index < -0.39 is 0 Å². The fourth-order valence-electron chi connectivity index (χ4n) is 6.91. The summed E-state index contributed by atoms with van der Waals surface area (Å²) >= 11 is 0. The van der Waals surface area contributed by atoms with Crippen molar-refractivity contribution >= 4 is 0 Å². The number of fused-ring (bicyclic) bond motifs is 2. The molecule has 5 unspecified atom stereocenters. The molecule has 29 heavy (non-hydrogen) atoms. The molecule has 0 aromatic heterocycles. The maximum Gasteiger partial charge on any atom is 0.130 e. The summed E-state index contributed by atoms with van der Waals surface area (Å²) in [6.07, 6.45) is 19.5. The van der Waals surface area contributed by atoms with E-state index in [4.69, 9.17) is 0 Å². The van der Waals surface area contributed by atoms with Gasteiger partial charge in [0.05, 0.1) is 0 Å². The summed E-state index contributed by atoms with van der Waals surface area (Å²) < 4.78 is 15.5. The van der Waals surface area contributed by atoms with Gasteiger partial charge in [-0.2, -0.15) is 0 Å². The zero-order valence-electron chi connectivity index (χ0n) is 19.0. The third kappa shape index (κ3) is 5.08. The van der Waals surface area contributed by atoms with Crippen LogP contribution in [0.25, 0.3) is 0 Å². The van der Waals surface area contributed by atoms with E-state index in [0.717, 1.165) is 47.6 Å². The van der Waals surface area contributed by atoms with Gasteiger partial charge in [-0.15, -0.1) is 0 Å². The van der Waals surface area contributed by atoms with Crippen LogP contribution >= 0.6 is 0 Å². The van der Waals surface area contributed by atoms with Crippen molar-refractivity contribution < 1.29 is 4.39 Å². The average molecular weight is 399 g/mol. The largest absolute Gasteiger partial charge is 0.206 e. The van der Waals surface area contributed by atoms with E-state index in [-0.39, 0.29) is 5.82 Å². The molecule has 0 nitrogen and oxygen atoms in total. The van der Waals surface area contributed by atoms with Crippen molar-refractivity contribution in [1.29, 1.82) is 0 Å². The van der Waals surface area contributed by atoms with Gasteiger partial charge in [0.25, 0.3) is 0 Å². The summed E-state index contributed by atoms with van der Waals surface area (Å²) in [5.74, 6) is 4.15. The van der Waals surface area contributed by atoms with Crippen molar-refractivity contribution in [1.82, 2.24) is 0 Å². The van der Waals surface area contributed by atoms with Gasteiger partial charge in [0.15, 0.2) is 0 Å². The van der Waals surface area contributed by atoms with E-state index in [2.05, 4.69) is 26.0 Å². The lowest BCUT2D eigenvalue weighted by Gasteiger charge is -2.42. The summed E-state index contributed by atoms with van der Waals surface area (Å²) in [7, 11) is 0. The van der Waals surface area contributed by atoms with E-state index in [9.17, 15) is 0 Å². The lowest BCUT2D eigenvalue weighted by atomic mass is 9.64. The number of hydrogen-bond donors (Lipinski definition) is 0. The minimum absolute atomic E-state index is 0.191. The Labute approximate surface area is 179 Å². The van der Waals surface area contributed by atoms with Crippen LogP contribution in [0.5, 0.6) is 0 Å². The van der Waals surface area contributed by atoms with Gasteiger partial charge in [-0.1, -0.05) is 70.9 Å². The molecule has 0 bridgehead atoms. The van der Waals surface area contributed by atoms with Crippen molar-refractivity contribution in [3.8, 4) is 0 Å². The summed E-state index contributed by atoms with van der Waals surface area (Å²) in [5, 5.41) is 0. The Bertz CT molecular complexity index is 663. The topological polar surface area (TPSA) is 0 Å². The Morgan fingerprint density at radius 3 is 2.55 bits per heavy atom. The second kappa shape index (κ2) is 9.97. The summed E-state index contributed by atoms with van der Waals surface area (Å²) in [5.41, 5.74) is 3.49. The molecule has 1 aromatic carbocycles. The zero-order valence-corrected chi connectivity index (χ0v) is 19.0. The molecule has 0 heterocycles. The van der Waals surface area contributed by atoms with Crippen LogP contribution < -0.4 is 0 Å². The smallest absolute Gasteiger partial charge is 0.130 e. The Morgan fingerprint density at radius 1 is 0.897 bits per heavy atom. The number of rotatable bonds is 7. The average Bonchev–Trinajstić information content (AvgIpc) is 2.73. The molecular weight excluding hydrogens is 355 g/mol. The van der Waals surface area contributed by atoms with Crippen LogP contribution in [0.4, 0.5) is 4.39 Å². The summed E-state index contributed by atoms with van der Waals surface area (Å²) in [6, 6.07) is 4.50. The van der Waals surface area contributed by atoms with E-state index in [0.29, 0.717) is 5.92 Å². The quantitative estimate of drug-likeness (QED) is 0.403. The van der Waals surface area contributed by atoms with E-state index in [1.807, 2.05) is 0 Å². The fraction of sp³-hybridized carbons (Fsp3) is 0.786. The van der Waals surface area contributed by atoms with Crippen LogP contribution in [0, 0.1) is 29.5 Å². The third-order valence-corrected chi connectivity index (χ3v) is 8.71. The van der Waals surface area contributed by atoms with Gasteiger partial charge < -0.3 is 0 Å². The first-order valence-corrected chi connectivity index (χ1v) is 13.0. The SMILES string of the molecule is CCCCCCCC1CCc2c(ccc(C3CCC4CC(C)CCC4C3)c2F)C1. The van der Waals surface area contributed by atoms with Gasteiger partial charge in [0.2, 0.25) is 0 Å². The van der Waals surface area contributed by atoms with Gasteiger partial charge in [0.1, 0.15) is 5.82 Å². The second-order valence-corrected chi connectivity index (χ2v) is 10.9. The highest BCUT2D eigenvalue weighted by molar-refractivity contribution is 5.38. The molecule has 1 heteroatoms. The molecule has 0 amide bonds. The molecule has 0 aliphatic heterocycles. The molecule has 4 rings (SSSR count). The van der Waals surface area contributed by atoms with Gasteiger partial charge in [-0.05, 0) is 97.6 Å². The fourth-order valence-corrected chi connectivity index (χ4v) is 6.91. The number of halogens is 1. The maximum absolute atomic E-state index is 15.5. The molecule has 2 saturated carbocycles. The number of benzene rings is 1. The molecule has 2 fully saturated rings. The maximum atomic E-state index is 15.5. The Hall–Kier alpha value is -0.850. The van der Waals surface area contributed by atoms with Gasteiger partial charge >= 0.3 is 0 Å². The lowest BCUT2D eigenvalue weighted by molar-refractivity contribution is 0.123. The van der Waals surface area contributed by atoms with Crippen LogP contribution in [0.1, 0.15) is 120 Å². The molecule has 1 aromatic rings. The van der Waals surface area contributed by atoms with E-state index in [1.165, 1.54) is 89.0 Å². The minimum atomic E-state index is 0.191. The predicted octanol–water partition coefficient (Wildman–Crippen LogP) is 8.61. The minimum Gasteiger partial charge on any atom is -0.206 e. The van der Waals surface area contributed by atoms with Crippen LogP contribution in [-0.2, 0) is 12.8 Å². The number of unbranched alkanes of at least 4 members (excludes halogenated alkanes) is 4. The van der Waals surface area contributed by atoms with Crippen molar-refractivity contribution in [3.63, 3.8) is 0 Å². The number of hydrogen-bond acceptors (Lipinski definition) is 0. The van der Waals surface area contributed by atoms with Crippen LogP contribution in [0.15, 0.2) is 12.1 Å². The molecular formula is C28H43F. The lowest BCUT2D eigenvalue weighted by Crippen LogP contribution is -2.30. The normalized spacial score (nSPS) is 31.9. The molecule has 3 aliphatic carbocycles. The van der Waals surface area contributed by atoms with Crippen LogP contribution in [0.2, 0.25) is 0 Å². The molecule has 5 atom stereocenters. The Morgan fingerprint density at radius 2 is 1.69 bits per heavy atom. The monoisotopic (exact) mass is 398 g/mol. The van der Waals surface area contributed by atoms with Crippen molar-refractivity contribution in [2.75, 3.05) is 0 Å². The Balaban J connectivity index is 1.36. The van der Waals surface area contributed by atoms with Crippen LogP contribution in [0.3, 0.4) is 0 Å². The first kappa shape index (κ1) is 21.4. The van der Waals surface area contributed by atoms with Gasteiger partial charge in [-0.25, -0.2) is 4.39 Å². The third-order valence-electron chi connectivity index (χ3n) is 8.71. The first-order valence-electron chi connectivity index (χ1n) is 13.0. The molecule has 162 valence electrons. The van der Waals surface area contributed by atoms with E-state index >= 15 is 4.39 Å². The van der Waals surface area contributed by atoms with Gasteiger partial charge in [0, 0.05) is 0 Å². The van der Waals surface area contributed by atoms with Crippen molar-refractivity contribution in [2.45, 2.75) is 116 Å². The first-order chi connectivity index (χ1) is 14.2. The molecule has 0 saturated heterocycles. The second-order valence-electron chi connectivity index (χ2n) is 10.9. The molecule has 0 spiro atoms. The zero-order chi connectivity index (χ0) is 20.2. The highest BCUT2D eigenvalue weighted by Gasteiger charge is 2.36. The standard InChI is InChI=1S/C28H43F/c1-3-4-5-6-7-8-21-10-15-26-24(18-21)14-16-27(28(26)29)25-13-12-22-17-20(2)9-11-23(22)19-25/h14,16,20-23,25H,3-13,15,17-19H2,1-2H3. The highest BCUT2D eigenvalue weighted by atomic mass is 19.1. The van der Waals surface area contributed by atoms with Gasteiger partial charge in [-0.3, -0.25) is 0 Å². The highest BCUT2D eigenvalue weighted by Crippen LogP contribution is 2.48. The molecule has 0 N–H and O–H groups in total. The predicted molar refractivity (Wildman–Crippen MR) is 122 cm³/mol. The molecule has 0 radical (unpaired) electrons. The Kier molecular flexibility index (Phi) is 7.35.